The standard InChI is InChI=1S/C15H25N3.ClH/c1-13-11-14(2)16-15(12-13)17(3)9-10-18-7-5-4-6-8-18;/h11-12H,4-10H2,1-3H3;1H. The first-order valence-corrected chi connectivity index (χ1v) is 7.04. The molecule has 0 spiro atoms. The Hall–Kier alpha value is -0.800. The minimum atomic E-state index is 0. The Morgan fingerprint density at radius 2 is 1.84 bits per heavy atom. The van der Waals surface area contributed by atoms with Crippen molar-refractivity contribution in [3.8, 4) is 0 Å². The van der Waals surface area contributed by atoms with E-state index >= 15 is 0 Å². The van der Waals surface area contributed by atoms with Gasteiger partial charge in [0.1, 0.15) is 5.82 Å². The van der Waals surface area contributed by atoms with Crippen LogP contribution in [0.4, 0.5) is 5.82 Å². The topological polar surface area (TPSA) is 19.4 Å². The fourth-order valence-electron chi connectivity index (χ4n) is 2.60. The molecule has 0 aliphatic carbocycles. The summed E-state index contributed by atoms with van der Waals surface area (Å²) in [7, 11) is 2.14. The van der Waals surface area contributed by atoms with Crippen molar-refractivity contribution in [1.29, 1.82) is 0 Å². The van der Waals surface area contributed by atoms with Crippen molar-refractivity contribution in [2.75, 3.05) is 38.1 Å². The lowest BCUT2D eigenvalue weighted by Gasteiger charge is -2.29. The summed E-state index contributed by atoms with van der Waals surface area (Å²) in [5.74, 6) is 1.10. The van der Waals surface area contributed by atoms with E-state index in [0.29, 0.717) is 0 Å². The second-order valence-electron chi connectivity index (χ2n) is 5.47. The van der Waals surface area contributed by atoms with E-state index in [4.69, 9.17) is 0 Å². The highest BCUT2D eigenvalue weighted by molar-refractivity contribution is 5.85. The SMILES string of the molecule is Cc1cc(C)nc(N(C)CCN2CCCCC2)c1.Cl. The molecule has 1 aliphatic heterocycles. The molecule has 0 radical (unpaired) electrons. The van der Waals surface area contributed by atoms with Crippen LogP contribution < -0.4 is 4.90 Å². The van der Waals surface area contributed by atoms with Gasteiger partial charge >= 0.3 is 0 Å². The van der Waals surface area contributed by atoms with Crippen LogP contribution in [0.5, 0.6) is 0 Å². The zero-order valence-electron chi connectivity index (χ0n) is 12.4. The van der Waals surface area contributed by atoms with Crippen LogP contribution in [-0.4, -0.2) is 43.1 Å². The predicted octanol–water partition coefficient (Wildman–Crippen LogP) is 3.04. The van der Waals surface area contributed by atoms with E-state index in [1.165, 1.54) is 37.9 Å². The average Bonchev–Trinajstić information content (AvgIpc) is 2.36. The van der Waals surface area contributed by atoms with Crippen LogP contribution in [-0.2, 0) is 0 Å². The van der Waals surface area contributed by atoms with Crippen LogP contribution in [0.25, 0.3) is 0 Å². The Morgan fingerprint density at radius 1 is 1.16 bits per heavy atom. The molecule has 1 aromatic heterocycles. The number of nitrogens with zero attached hydrogens (tertiary/aromatic N) is 3. The molecule has 0 unspecified atom stereocenters. The summed E-state index contributed by atoms with van der Waals surface area (Å²) in [4.78, 5) is 9.45. The molecule has 19 heavy (non-hydrogen) atoms. The molecule has 0 amide bonds. The lowest BCUT2D eigenvalue weighted by atomic mass is 10.1. The molecule has 2 rings (SSSR count). The van der Waals surface area contributed by atoms with E-state index in [1.54, 1.807) is 0 Å². The summed E-state index contributed by atoms with van der Waals surface area (Å²) in [6.07, 6.45) is 4.14. The molecule has 0 bridgehead atoms. The highest BCUT2D eigenvalue weighted by Gasteiger charge is 2.11. The van der Waals surface area contributed by atoms with Gasteiger partial charge in [-0.2, -0.15) is 0 Å². The third-order valence-corrected chi connectivity index (χ3v) is 3.68. The van der Waals surface area contributed by atoms with Gasteiger partial charge in [0, 0.05) is 25.8 Å². The van der Waals surface area contributed by atoms with E-state index < -0.39 is 0 Å². The van der Waals surface area contributed by atoms with Crippen LogP contribution >= 0.6 is 12.4 Å². The number of rotatable bonds is 4. The van der Waals surface area contributed by atoms with Gasteiger partial charge in [0.2, 0.25) is 0 Å². The number of pyridine rings is 1. The average molecular weight is 284 g/mol. The first-order valence-electron chi connectivity index (χ1n) is 7.04. The van der Waals surface area contributed by atoms with Crippen molar-refractivity contribution in [3.63, 3.8) is 0 Å². The van der Waals surface area contributed by atoms with E-state index in [0.717, 1.165) is 24.6 Å². The van der Waals surface area contributed by atoms with E-state index in [1.807, 2.05) is 0 Å². The molecular weight excluding hydrogens is 258 g/mol. The maximum absolute atomic E-state index is 4.61. The number of piperidine rings is 1. The van der Waals surface area contributed by atoms with Crippen LogP contribution in [0.15, 0.2) is 12.1 Å². The van der Waals surface area contributed by atoms with E-state index in [2.05, 4.69) is 47.8 Å². The van der Waals surface area contributed by atoms with Gasteiger partial charge in [-0.15, -0.1) is 12.4 Å². The van der Waals surface area contributed by atoms with Gasteiger partial charge in [-0.3, -0.25) is 0 Å². The van der Waals surface area contributed by atoms with Crippen LogP contribution in [0, 0.1) is 13.8 Å². The van der Waals surface area contributed by atoms with Gasteiger partial charge in [-0.25, -0.2) is 4.98 Å². The minimum absolute atomic E-state index is 0. The van der Waals surface area contributed by atoms with Gasteiger partial charge in [0.15, 0.2) is 0 Å². The van der Waals surface area contributed by atoms with Crippen molar-refractivity contribution in [1.82, 2.24) is 9.88 Å². The van der Waals surface area contributed by atoms with Crippen LogP contribution in [0.2, 0.25) is 0 Å². The summed E-state index contributed by atoms with van der Waals surface area (Å²) in [5, 5.41) is 0. The lowest BCUT2D eigenvalue weighted by molar-refractivity contribution is 0.234. The first kappa shape index (κ1) is 16.3. The lowest BCUT2D eigenvalue weighted by Crippen LogP contribution is -2.36. The minimum Gasteiger partial charge on any atom is -0.358 e. The summed E-state index contributed by atoms with van der Waals surface area (Å²) in [6, 6.07) is 4.30. The molecule has 0 N–H and O–H groups in total. The number of hydrogen-bond donors (Lipinski definition) is 0. The molecule has 1 fully saturated rings. The van der Waals surface area contributed by atoms with Crippen molar-refractivity contribution < 1.29 is 0 Å². The second kappa shape index (κ2) is 7.71. The van der Waals surface area contributed by atoms with Gasteiger partial charge in [0.05, 0.1) is 0 Å². The first-order chi connectivity index (χ1) is 8.65. The molecule has 0 saturated carbocycles. The Morgan fingerprint density at radius 3 is 2.47 bits per heavy atom. The van der Waals surface area contributed by atoms with Crippen LogP contribution in [0.1, 0.15) is 30.5 Å². The van der Waals surface area contributed by atoms with Gasteiger partial charge in [0.25, 0.3) is 0 Å². The number of hydrogen-bond acceptors (Lipinski definition) is 3. The quantitative estimate of drug-likeness (QED) is 0.847. The fraction of sp³-hybridized carbons (Fsp3) is 0.667. The van der Waals surface area contributed by atoms with Crippen LogP contribution in [0.3, 0.4) is 0 Å². The number of halogens is 1. The molecule has 108 valence electrons. The Bertz CT molecular complexity index is 369. The molecular formula is C15H26ClN3. The summed E-state index contributed by atoms with van der Waals surface area (Å²) in [5.41, 5.74) is 2.40. The highest BCUT2D eigenvalue weighted by atomic mass is 35.5. The smallest absolute Gasteiger partial charge is 0.128 e. The number of aryl methyl sites for hydroxylation is 2. The zero-order chi connectivity index (χ0) is 13.0. The normalized spacial score (nSPS) is 15.9. The van der Waals surface area contributed by atoms with Crippen molar-refractivity contribution in [2.24, 2.45) is 0 Å². The Labute approximate surface area is 123 Å². The van der Waals surface area contributed by atoms with Gasteiger partial charge in [-0.05, 0) is 57.5 Å². The summed E-state index contributed by atoms with van der Waals surface area (Å²) < 4.78 is 0. The summed E-state index contributed by atoms with van der Waals surface area (Å²) in [6.45, 7) is 8.97. The molecule has 0 aromatic carbocycles. The summed E-state index contributed by atoms with van der Waals surface area (Å²) >= 11 is 0. The zero-order valence-corrected chi connectivity index (χ0v) is 13.2. The third-order valence-electron chi connectivity index (χ3n) is 3.68. The van der Waals surface area contributed by atoms with E-state index in [-0.39, 0.29) is 12.4 Å². The highest BCUT2D eigenvalue weighted by Crippen LogP contribution is 2.14. The number of likely N-dealkylation sites (N-methyl/N-ethyl adjacent to an activating group) is 1. The Balaban J connectivity index is 0.00000180. The molecule has 3 nitrogen and oxygen atoms in total. The predicted molar refractivity (Wildman–Crippen MR) is 84.5 cm³/mol. The monoisotopic (exact) mass is 283 g/mol. The maximum Gasteiger partial charge on any atom is 0.128 e. The van der Waals surface area contributed by atoms with Gasteiger partial charge in [-0.1, -0.05) is 6.42 Å². The molecule has 2 heterocycles. The molecule has 4 heteroatoms. The maximum atomic E-state index is 4.61. The molecule has 0 atom stereocenters. The Kier molecular flexibility index (Phi) is 6.59. The van der Waals surface area contributed by atoms with Crippen molar-refractivity contribution >= 4 is 18.2 Å². The fourth-order valence-corrected chi connectivity index (χ4v) is 2.60. The van der Waals surface area contributed by atoms with Gasteiger partial charge < -0.3 is 9.80 Å². The largest absolute Gasteiger partial charge is 0.358 e. The van der Waals surface area contributed by atoms with Crippen molar-refractivity contribution in [2.45, 2.75) is 33.1 Å². The third kappa shape index (κ3) is 5.00. The van der Waals surface area contributed by atoms with Crippen molar-refractivity contribution in [3.05, 3.63) is 23.4 Å². The number of likely N-dealkylation sites (tertiary alicyclic amines) is 1. The number of aromatic nitrogens is 1. The van der Waals surface area contributed by atoms with E-state index in [9.17, 15) is 0 Å². The number of anilines is 1. The molecule has 1 aliphatic rings. The second-order valence-corrected chi connectivity index (χ2v) is 5.47. The molecule has 1 saturated heterocycles. The molecule has 1 aromatic rings.